The van der Waals surface area contributed by atoms with Crippen LogP contribution in [-0.4, -0.2) is 68.7 Å². The molecule has 0 radical (unpaired) electrons. The number of guanidine groups is 1. The molecule has 3 rings (SSSR count). The first-order valence-corrected chi connectivity index (χ1v) is 9.46. The quantitative estimate of drug-likeness (QED) is 0.655. The van der Waals surface area contributed by atoms with Crippen molar-refractivity contribution in [1.29, 1.82) is 0 Å². The second-order valence-electron chi connectivity index (χ2n) is 7.32. The summed E-state index contributed by atoms with van der Waals surface area (Å²) in [6, 6.07) is 9.32. The molecular weight excluding hydrogens is 312 g/mol. The molecule has 1 N–H and O–H groups in total. The van der Waals surface area contributed by atoms with Gasteiger partial charge in [0.1, 0.15) is 0 Å². The molecule has 1 aromatic rings. The Hall–Kier alpha value is -1.59. The topological polar surface area (TPSA) is 40.1 Å². The third-order valence-corrected chi connectivity index (χ3v) is 5.54. The lowest BCUT2D eigenvalue weighted by Gasteiger charge is -2.34. The van der Waals surface area contributed by atoms with Crippen LogP contribution in [0.2, 0.25) is 0 Å². The van der Waals surface area contributed by atoms with Gasteiger partial charge >= 0.3 is 0 Å². The first-order chi connectivity index (χ1) is 12.2. The number of ether oxygens (including phenoxy) is 1. The molecule has 2 atom stereocenters. The highest BCUT2D eigenvalue weighted by Gasteiger charge is 2.26. The lowest BCUT2D eigenvalue weighted by Crippen LogP contribution is -2.48. The van der Waals surface area contributed by atoms with Crippen molar-refractivity contribution in [3.63, 3.8) is 0 Å². The molecule has 25 heavy (non-hydrogen) atoms. The summed E-state index contributed by atoms with van der Waals surface area (Å²) in [5, 5.41) is 3.59. The summed E-state index contributed by atoms with van der Waals surface area (Å²) in [5.41, 5.74) is 2.99. The van der Waals surface area contributed by atoms with Gasteiger partial charge in [-0.3, -0.25) is 9.89 Å². The van der Waals surface area contributed by atoms with Crippen LogP contribution in [-0.2, 0) is 17.7 Å². The third kappa shape index (κ3) is 4.53. The normalized spacial score (nSPS) is 22.8. The number of aliphatic imine (C=N–C) groups is 1. The number of methoxy groups -OCH3 is 1. The second kappa shape index (κ2) is 8.68. The number of fused-ring (bicyclic) bond motifs is 1. The van der Waals surface area contributed by atoms with Crippen molar-refractivity contribution in [1.82, 2.24) is 15.1 Å². The summed E-state index contributed by atoms with van der Waals surface area (Å²) >= 11 is 0. The van der Waals surface area contributed by atoms with Crippen LogP contribution in [0.5, 0.6) is 0 Å². The average Bonchev–Trinajstić information content (AvgIpc) is 3.10. The molecule has 0 saturated carbocycles. The molecule has 0 bridgehead atoms. The van der Waals surface area contributed by atoms with E-state index < -0.39 is 0 Å². The SMILES string of the molecule is CN=C(NCC(C)N1CCc2ccccc2C1)N1CCC(COC)C1. The van der Waals surface area contributed by atoms with E-state index >= 15 is 0 Å². The maximum atomic E-state index is 5.30. The number of nitrogens with zero attached hydrogens (tertiary/aromatic N) is 3. The Morgan fingerprint density at radius 1 is 1.32 bits per heavy atom. The largest absolute Gasteiger partial charge is 0.384 e. The lowest BCUT2D eigenvalue weighted by atomic mass is 9.99. The summed E-state index contributed by atoms with van der Waals surface area (Å²) in [4.78, 5) is 9.42. The van der Waals surface area contributed by atoms with E-state index in [0.29, 0.717) is 12.0 Å². The van der Waals surface area contributed by atoms with Gasteiger partial charge in [0.15, 0.2) is 5.96 Å². The summed E-state index contributed by atoms with van der Waals surface area (Å²) in [7, 11) is 3.67. The summed E-state index contributed by atoms with van der Waals surface area (Å²) in [6.45, 7) is 8.39. The van der Waals surface area contributed by atoms with Gasteiger partial charge in [0.2, 0.25) is 0 Å². The fourth-order valence-corrected chi connectivity index (χ4v) is 3.99. The zero-order chi connectivity index (χ0) is 17.6. The van der Waals surface area contributed by atoms with E-state index in [4.69, 9.17) is 4.74 Å². The number of nitrogens with one attached hydrogen (secondary N) is 1. The van der Waals surface area contributed by atoms with Crippen molar-refractivity contribution >= 4 is 5.96 Å². The first-order valence-electron chi connectivity index (χ1n) is 9.46. The maximum absolute atomic E-state index is 5.30. The molecule has 0 amide bonds. The van der Waals surface area contributed by atoms with Crippen molar-refractivity contribution in [2.45, 2.75) is 32.4 Å². The number of hydrogen-bond donors (Lipinski definition) is 1. The van der Waals surface area contributed by atoms with Gasteiger partial charge in [-0.2, -0.15) is 0 Å². The second-order valence-corrected chi connectivity index (χ2v) is 7.32. The van der Waals surface area contributed by atoms with Crippen molar-refractivity contribution in [2.75, 3.05) is 46.9 Å². The summed E-state index contributed by atoms with van der Waals surface area (Å²) in [5.74, 6) is 1.66. The minimum absolute atomic E-state index is 0.488. The van der Waals surface area contributed by atoms with Gasteiger partial charge in [0.25, 0.3) is 0 Å². The Kier molecular flexibility index (Phi) is 6.32. The molecule has 0 aromatic heterocycles. The van der Waals surface area contributed by atoms with Gasteiger partial charge in [-0.1, -0.05) is 24.3 Å². The molecule has 138 valence electrons. The standard InChI is InChI=1S/C20H32N4O/c1-16(23-11-9-18-6-4-5-7-19(18)14-23)12-22-20(21-2)24-10-8-17(13-24)15-25-3/h4-7,16-17H,8-15H2,1-3H3,(H,21,22). The number of likely N-dealkylation sites (tertiary alicyclic amines) is 1. The Balaban J connectivity index is 1.49. The van der Waals surface area contributed by atoms with Crippen LogP contribution in [0.15, 0.2) is 29.3 Å². The number of rotatable bonds is 5. The molecule has 5 nitrogen and oxygen atoms in total. The van der Waals surface area contributed by atoms with Gasteiger partial charge in [-0.05, 0) is 30.9 Å². The average molecular weight is 345 g/mol. The molecular formula is C20H32N4O. The minimum Gasteiger partial charge on any atom is -0.384 e. The summed E-state index contributed by atoms with van der Waals surface area (Å²) < 4.78 is 5.30. The predicted molar refractivity (Wildman–Crippen MR) is 103 cm³/mol. The molecule has 2 heterocycles. The molecule has 2 aliphatic rings. The van der Waals surface area contributed by atoms with Crippen LogP contribution in [0.3, 0.4) is 0 Å². The third-order valence-electron chi connectivity index (χ3n) is 5.54. The van der Waals surface area contributed by atoms with E-state index in [9.17, 15) is 0 Å². The Labute approximate surface area is 152 Å². The van der Waals surface area contributed by atoms with Gasteiger partial charge in [-0.15, -0.1) is 0 Å². The van der Waals surface area contributed by atoms with Crippen LogP contribution >= 0.6 is 0 Å². The lowest BCUT2D eigenvalue weighted by molar-refractivity contribution is 0.157. The maximum Gasteiger partial charge on any atom is 0.193 e. The number of benzene rings is 1. The molecule has 1 saturated heterocycles. The Morgan fingerprint density at radius 3 is 2.88 bits per heavy atom. The zero-order valence-corrected chi connectivity index (χ0v) is 15.9. The van der Waals surface area contributed by atoms with E-state index in [2.05, 4.69) is 51.3 Å². The smallest absolute Gasteiger partial charge is 0.193 e. The molecule has 5 heteroatoms. The van der Waals surface area contributed by atoms with Gasteiger partial charge in [0.05, 0.1) is 6.61 Å². The highest BCUT2D eigenvalue weighted by Crippen LogP contribution is 2.20. The minimum atomic E-state index is 0.488. The first kappa shape index (κ1) is 18.2. The van der Waals surface area contributed by atoms with Crippen LogP contribution in [0.1, 0.15) is 24.5 Å². The van der Waals surface area contributed by atoms with E-state index in [1.165, 1.54) is 17.5 Å². The van der Waals surface area contributed by atoms with Crippen molar-refractivity contribution in [3.8, 4) is 0 Å². The van der Waals surface area contributed by atoms with Gasteiger partial charge in [0, 0.05) is 58.8 Å². The zero-order valence-electron chi connectivity index (χ0n) is 15.9. The Morgan fingerprint density at radius 2 is 2.12 bits per heavy atom. The molecule has 0 spiro atoms. The monoisotopic (exact) mass is 344 g/mol. The van der Waals surface area contributed by atoms with Crippen LogP contribution in [0.25, 0.3) is 0 Å². The summed E-state index contributed by atoms with van der Waals surface area (Å²) in [6.07, 6.45) is 2.34. The van der Waals surface area contributed by atoms with Crippen molar-refractivity contribution < 1.29 is 4.74 Å². The van der Waals surface area contributed by atoms with Crippen LogP contribution in [0, 0.1) is 5.92 Å². The van der Waals surface area contributed by atoms with E-state index in [1.807, 2.05) is 7.05 Å². The highest BCUT2D eigenvalue weighted by atomic mass is 16.5. The molecule has 1 aromatic carbocycles. The molecule has 2 unspecified atom stereocenters. The number of hydrogen-bond acceptors (Lipinski definition) is 3. The fourth-order valence-electron chi connectivity index (χ4n) is 3.99. The molecule has 1 fully saturated rings. The van der Waals surface area contributed by atoms with Crippen LogP contribution in [0.4, 0.5) is 0 Å². The van der Waals surface area contributed by atoms with Crippen molar-refractivity contribution in [3.05, 3.63) is 35.4 Å². The highest BCUT2D eigenvalue weighted by molar-refractivity contribution is 5.80. The van der Waals surface area contributed by atoms with Crippen LogP contribution < -0.4 is 5.32 Å². The Bertz CT molecular complexity index is 589. The van der Waals surface area contributed by atoms with E-state index in [-0.39, 0.29) is 0 Å². The van der Waals surface area contributed by atoms with Gasteiger partial charge < -0.3 is 15.0 Å². The van der Waals surface area contributed by atoms with Crippen molar-refractivity contribution in [2.24, 2.45) is 10.9 Å². The van der Waals surface area contributed by atoms with E-state index in [0.717, 1.165) is 51.7 Å². The van der Waals surface area contributed by atoms with Gasteiger partial charge in [-0.25, -0.2) is 0 Å². The molecule has 2 aliphatic heterocycles. The van der Waals surface area contributed by atoms with E-state index in [1.54, 1.807) is 7.11 Å². The predicted octanol–water partition coefficient (Wildman–Crippen LogP) is 1.98. The molecule has 0 aliphatic carbocycles. The fraction of sp³-hybridized carbons (Fsp3) is 0.650.